The predicted molar refractivity (Wildman–Crippen MR) is 102 cm³/mol. The summed E-state index contributed by atoms with van der Waals surface area (Å²) in [5.74, 6) is -2.12. The number of hydrogen-bond donors (Lipinski definition) is 1. The summed E-state index contributed by atoms with van der Waals surface area (Å²) < 4.78 is 13.4. The quantitative estimate of drug-likeness (QED) is 0.459. The van der Waals surface area contributed by atoms with Crippen LogP contribution in [0.1, 0.15) is 36.9 Å². The maximum atomic E-state index is 13.4. The Morgan fingerprint density at radius 3 is 2.52 bits per heavy atom. The summed E-state index contributed by atoms with van der Waals surface area (Å²) in [7, 11) is 0. The molecule has 2 aromatic carbocycles. The van der Waals surface area contributed by atoms with Crippen LogP contribution >= 0.6 is 11.6 Å². The van der Waals surface area contributed by atoms with Crippen molar-refractivity contribution in [1.82, 2.24) is 4.90 Å². The number of aliphatic hydroxyl groups is 1. The van der Waals surface area contributed by atoms with Gasteiger partial charge in [0, 0.05) is 17.1 Å². The van der Waals surface area contributed by atoms with Crippen molar-refractivity contribution in [1.29, 1.82) is 0 Å². The van der Waals surface area contributed by atoms with Crippen LogP contribution in [0.2, 0.25) is 5.02 Å². The third-order valence-corrected chi connectivity index (χ3v) is 4.81. The average molecular weight is 388 g/mol. The molecule has 1 amide bonds. The second-order valence-corrected chi connectivity index (χ2v) is 6.84. The van der Waals surface area contributed by atoms with Crippen LogP contribution in [0.15, 0.2) is 54.1 Å². The van der Waals surface area contributed by atoms with E-state index in [-0.39, 0.29) is 11.3 Å². The molecule has 1 fully saturated rings. The molecular formula is C21H19ClFNO3. The smallest absolute Gasteiger partial charge is 0.295 e. The predicted octanol–water partition coefficient (Wildman–Crippen LogP) is 4.70. The average Bonchev–Trinajstić information content (AvgIpc) is 2.91. The number of ketones is 1. The van der Waals surface area contributed by atoms with Crippen LogP contribution in [-0.2, 0) is 9.59 Å². The molecular weight excluding hydrogens is 369 g/mol. The van der Waals surface area contributed by atoms with Gasteiger partial charge in [0.2, 0.25) is 0 Å². The lowest BCUT2D eigenvalue weighted by atomic mass is 9.95. The van der Waals surface area contributed by atoms with Crippen molar-refractivity contribution in [3.8, 4) is 0 Å². The Labute approximate surface area is 161 Å². The normalized spacial score (nSPS) is 18.9. The Kier molecular flexibility index (Phi) is 5.61. The van der Waals surface area contributed by atoms with Gasteiger partial charge in [-0.05, 0) is 36.2 Å². The number of likely N-dealkylation sites (tertiary alicyclic amines) is 1. The second kappa shape index (κ2) is 7.92. The van der Waals surface area contributed by atoms with Crippen LogP contribution in [-0.4, -0.2) is 28.2 Å². The molecule has 0 saturated carbocycles. The highest BCUT2D eigenvalue weighted by Gasteiger charge is 2.45. The number of unbranched alkanes of at least 4 members (excludes halogenated alkanes) is 1. The second-order valence-electron chi connectivity index (χ2n) is 6.41. The van der Waals surface area contributed by atoms with E-state index < -0.39 is 23.5 Å². The Bertz CT molecular complexity index is 908. The lowest BCUT2D eigenvalue weighted by molar-refractivity contribution is -0.139. The largest absolute Gasteiger partial charge is 0.507 e. The Morgan fingerprint density at radius 2 is 1.89 bits per heavy atom. The van der Waals surface area contributed by atoms with Crippen LogP contribution in [0.5, 0.6) is 0 Å². The summed E-state index contributed by atoms with van der Waals surface area (Å²) in [6, 6.07) is 11.3. The molecule has 4 nitrogen and oxygen atoms in total. The number of Topliss-reactive ketones (excluding diaryl/α,β-unsaturated/α-hetero) is 1. The number of halogens is 2. The number of rotatable bonds is 5. The first kappa shape index (κ1) is 19.1. The van der Waals surface area contributed by atoms with Gasteiger partial charge in [0.1, 0.15) is 11.6 Å². The van der Waals surface area contributed by atoms with Crippen molar-refractivity contribution in [2.75, 3.05) is 6.54 Å². The van der Waals surface area contributed by atoms with E-state index in [2.05, 4.69) is 0 Å². The fraction of sp³-hybridized carbons (Fsp3) is 0.238. The molecule has 3 rings (SSSR count). The third-order valence-electron chi connectivity index (χ3n) is 4.58. The minimum Gasteiger partial charge on any atom is -0.507 e. The topological polar surface area (TPSA) is 57.6 Å². The van der Waals surface area contributed by atoms with E-state index in [9.17, 15) is 19.1 Å². The van der Waals surface area contributed by atoms with E-state index in [1.54, 1.807) is 18.2 Å². The molecule has 1 saturated heterocycles. The molecule has 1 N–H and O–H groups in total. The molecule has 27 heavy (non-hydrogen) atoms. The van der Waals surface area contributed by atoms with Gasteiger partial charge < -0.3 is 10.0 Å². The molecule has 1 aliphatic heterocycles. The number of nitrogens with zero attached hydrogens (tertiary/aromatic N) is 1. The van der Waals surface area contributed by atoms with E-state index in [1.165, 1.54) is 35.2 Å². The van der Waals surface area contributed by atoms with Crippen molar-refractivity contribution in [2.24, 2.45) is 0 Å². The monoisotopic (exact) mass is 387 g/mol. The first-order valence-corrected chi connectivity index (χ1v) is 9.11. The van der Waals surface area contributed by atoms with Crippen LogP contribution < -0.4 is 0 Å². The van der Waals surface area contributed by atoms with Crippen molar-refractivity contribution < 1.29 is 19.1 Å². The zero-order chi connectivity index (χ0) is 19.6. The minimum absolute atomic E-state index is 0.00928. The van der Waals surface area contributed by atoms with Crippen LogP contribution in [0.25, 0.3) is 5.76 Å². The first-order valence-electron chi connectivity index (χ1n) is 8.74. The number of carbonyl (C=O) groups excluding carboxylic acids is 2. The Balaban J connectivity index is 2.16. The van der Waals surface area contributed by atoms with Crippen molar-refractivity contribution in [3.05, 3.63) is 76.1 Å². The van der Waals surface area contributed by atoms with E-state index in [0.29, 0.717) is 29.1 Å². The van der Waals surface area contributed by atoms with Crippen molar-refractivity contribution >= 4 is 29.1 Å². The molecule has 6 heteroatoms. The lowest BCUT2D eigenvalue weighted by Crippen LogP contribution is -2.30. The Morgan fingerprint density at radius 1 is 1.19 bits per heavy atom. The Hall–Kier alpha value is -2.66. The molecule has 0 spiro atoms. The number of benzene rings is 2. The summed E-state index contributed by atoms with van der Waals surface area (Å²) in [5.41, 5.74) is 0.906. The molecule has 1 heterocycles. The van der Waals surface area contributed by atoms with Gasteiger partial charge in [-0.1, -0.05) is 49.2 Å². The highest BCUT2D eigenvalue weighted by atomic mass is 35.5. The van der Waals surface area contributed by atoms with E-state index >= 15 is 0 Å². The summed E-state index contributed by atoms with van der Waals surface area (Å²) in [4.78, 5) is 26.8. The molecule has 2 aromatic rings. The fourth-order valence-electron chi connectivity index (χ4n) is 3.22. The van der Waals surface area contributed by atoms with Crippen LogP contribution in [0.4, 0.5) is 4.39 Å². The van der Waals surface area contributed by atoms with E-state index in [1.807, 2.05) is 6.92 Å². The first-order chi connectivity index (χ1) is 12.9. The number of carbonyl (C=O) groups is 2. The standard InChI is InChI=1S/C21H19ClFNO3/c1-2-3-11-24-18(13-7-9-16(23)10-8-13)17(20(26)21(24)27)19(25)14-5-4-6-15(22)12-14/h4-10,12,18,25H,2-3,11H2,1H3/b19-17-. The maximum absolute atomic E-state index is 13.4. The third kappa shape index (κ3) is 3.74. The van der Waals surface area contributed by atoms with Gasteiger partial charge in [-0.25, -0.2) is 4.39 Å². The molecule has 0 aromatic heterocycles. The molecule has 0 bridgehead atoms. The summed E-state index contributed by atoms with van der Waals surface area (Å²) in [6.45, 7) is 2.35. The summed E-state index contributed by atoms with van der Waals surface area (Å²) in [6.07, 6.45) is 1.55. The number of hydrogen-bond acceptors (Lipinski definition) is 3. The molecule has 1 unspecified atom stereocenters. The van der Waals surface area contributed by atoms with E-state index in [4.69, 9.17) is 11.6 Å². The van der Waals surface area contributed by atoms with Crippen LogP contribution in [0.3, 0.4) is 0 Å². The van der Waals surface area contributed by atoms with Gasteiger partial charge in [-0.15, -0.1) is 0 Å². The highest BCUT2D eigenvalue weighted by Crippen LogP contribution is 2.39. The van der Waals surface area contributed by atoms with Crippen LogP contribution in [0, 0.1) is 5.82 Å². The van der Waals surface area contributed by atoms with Gasteiger partial charge >= 0.3 is 0 Å². The van der Waals surface area contributed by atoms with Gasteiger partial charge in [0.05, 0.1) is 11.6 Å². The zero-order valence-corrected chi connectivity index (χ0v) is 15.5. The maximum Gasteiger partial charge on any atom is 0.295 e. The molecule has 1 aliphatic rings. The molecule has 0 radical (unpaired) electrons. The number of aliphatic hydroxyl groups excluding tert-OH is 1. The van der Waals surface area contributed by atoms with Gasteiger partial charge in [0.15, 0.2) is 0 Å². The molecule has 140 valence electrons. The SMILES string of the molecule is CCCCN1C(=O)C(=O)/C(=C(\O)c2cccc(Cl)c2)C1c1ccc(F)cc1. The zero-order valence-electron chi connectivity index (χ0n) is 14.8. The lowest BCUT2D eigenvalue weighted by Gasteiger charge is -2.25. The summed E-state index contributed by atoms with van der Waals surface area (Å²) in [5, 5.41) is 11.2. The van der Waals surface area contributed by atoms with Gasteiger partial charge in [0.25, 0.3) is 11.7 Å². The molecule has 1 atom stereocenters. The highest BCUT2D eigenvalue weighted by molar-refractivity contribution is 6.46. The van der Waals surface area contributed by atoms with Gasteiger partial charge in [-0.3, -0.25) is 9.59 Å². The summed E-state index contributed by atoms with van der Waals surface area (Å²) >= 11 is 5.99. The number of amides is 1. The minimum atomic E-state index is -0.767. The van der Waals surface area contributed by atoms with Gasteiger partial charge in [-0.2, -0.15) is 0 Å². The molecule has 0 aliphatic carbocycles. The van der Waals surface area contributed by atoms with E-state index in [0.717, 1.165) is 6.42 Å². The fourth-order valence-corrected chi connectivity index (χ4v) is 3.41. The van der Waals surface area contributed by atoms with Crippen molar-refractivity contribution in [2.45, 2.75) is 25.8 Å². The van der Waals surface area contributed by atoms with Crippen molar-refractivity contribution in [3.63, 3.8) is 0 Å².